The number of nitrogens with zero attached hydrogens (tertiary/aromatic N) is 3. The second-order valence-electron chi connectivity index (χ2n) is 7.93. The van der Waals surface area contributed by atoms with E-state index in [1.54, 1.807) is 7.11 Å². The number of rotatable bonds is 7. The summed E-state index contributed by atoms with van der Waals surface area (Å²) in [7, 11) is -0.528. The predicted molar refractivity (Wildman–Crippen MR) is 103 cm³/mol. The molecule has 1 aromatic rings. The maximum absolute atomic E-state index is 9.02. The standard InChI is InChI=1S/C18H29N3O4Si/c1-18(2,3)26(5,6)25-17(14(12-22-4)20-21-19)13-7-8-15-16(11-13)24-10-9-23-15/h7-8,11,14,17H,9-10,12H2,1-6H3/t14-,17?/m1/s1. The molecule has 0 N–H and O–H groups in total. The van der Waals surface area contributed by atoms with Gasteiger partial charge < -0.3 is 18.6 Å². The van der Waals surface area contributed by atoms with Crippen LogP contribution in [0.2, 0.25) is 18.1 Å². The van der Waals surface area contributed by atoms with E-state index in [9.17, 15) is 0 Å². The van der Waals surface area contributed by atoms with E-state index in [0.29, 0.717) is 19.0 Å². The lowest BCUT2D eigenvalue weighted by Gasteiger charge is -2.41. The summed E-state index contributed by atoms with van der Waals surface area (Å²) in [5, 5.41) is 3.97. The molecule has 8 heteroatoms. The van der Waals surface area contributed by atoms with Crippen molar-refractivity contribution in [3.05, 3.63) is 34.2 Å². The summed E-state index contributed by atoms with van der Waals surface area (Å²) in [4.78, 5) is 3.01. The Morgan fingerprint density at radius 3 is 2.46 bits per heavy atom. The van der Waals surface area contributed by atoms with Gasteiger partial charge in [-0.1, -0.05) is 32.0 Å². The molecule has 2 atom stereocenters. The van der Waals surface area contributed by atoms with Crippen LogP contribution in [0.25, 0.3) is 10.4 Å². The molecule has 0 amide bonds. The summed E-state index contributed by atoms with van der Waals surface area (Å²) < 4.78 is 23.2. The fourth-order valence-corrected chi connectivity index (χ4v) is 3.80. The molecule has 0 saturated carbocycles. The van der Waals surface area contributed by atoms with E-state index < -0.39 is 20.5 Å². The van der Waals surface area contributed by atoms with Gasteiger partial charge in [0, 0.05) is 12.0 Å². The van der Waals surface area contributed by atoms with Crippen molar-refractivity contribution in [1.82, 2.24) is 0 Å². The Labute approximate surface area is 156 Å². The normalized spacial score (nSPS) is 16.5. The lowest BCUT2D eigenvalue weighted by molar-refractivity contribution is 0.0930. The first kappa shape index (κ1) is 20.6. The quantitative estimate of drug-likeness (QED) is 0.293. The number of methoxy groups -OCH3 is 1. The van der Waals surface area contributed by atoms with Crippen LogP contribution in [0.5, 0.6) is 11.5 Å². The van der Waals surface area contributed by atoms with Gasteiger partial charge >= 0.3 is 0 Å². The van der Waals surface area contributed by atoms with Crippen LogP contribution in [0.1, 0.15) is 32.4 Å². The molecule has 0 spiro atoms. The first-order chi connectivity index (χ1) is 12.2. The molecular formula is C18H29N3O4Si. The molecule has 0 fully saturated rings. The van der Waals surface area contributed by atoms with Crippen LogP contribution in [-0.4, -0.2) is 41.3 Å². The summed E-state index contributed by atoms with van der Waals surface area (Å²) in [6.45, 7) is 12.2. The van der Waals surface area contributed by atoms with Crippen molar-refractivity contribution < 1.29 is 18.6 Å². The van der Waals surface area contributed by atoms with Crippen LogP contribution >= 0.6 is 0 Å². The van der Waals surface area contributed by atoms with E-state index in [4.69, 9.17) is 24.2 Å². The number of hydrogen-bond donors (Lipinski definition) is 0. The number of benzene rings is 1. The lowest BCUT2D eigenvalue weighted by atomic mass is 10.0. The van der Waals surface area contributed by atoms with Gasteiger partial charge in [0.05, 0.1) is 18.8 Å². The molecule has 1 heterocycles. The molecule has 7 nitrogen and oxygen atoms in total. The van der Waals surface area contributed by atoms with Crippen molar-refractivity contribution in [3.63, 3.8) is 0 Å². The smallest absolute Gasteiger partial charge is 0.192 e. The van der Waals surface area contributed by atoms with E-state index in [-0.39, 0.29) is 11.6 Å². The minimum Gasteiger partial charge on any atom is -0.486 e. The van der Waals surface area contributed by atoms with Gasteiger partial charge in [-0.3, -0.25) is 0 Å². The predicted octanol–water partition coefficient (Wildman–Crippen LogP) is 4.85. The van der Waals surface area contributed by atoms with E-state index in [1.807, 2.05) is 18.2 Å². The molecular weight excluding hydrogens is 350 g/mol. The van der Waals surface area contributed by atoms with Crippen molar-refractivity contribution in [2.45, 2.75) is 51.0 Å². The summed E-state index contributed by atoms with van der Waals surface area (Å²) in [5.41, 5.74) is 9.92. The fourth-order valence-electron chi connectivity index (χ4n) is 2.52. The lowest BCUT2D eigenvalue weighted by Crippen LogP contribution is -2.44. The van der Waals surface area contributed by atoms with E-state index in [0.717, 1.165) is 11.3 Å². The van der Waals surface area contributed by atoms with Crippen molar-refractivity contribution in [1.29, 1.82) is 0 Å². The van der Waals surface area contributed by atoms with E-state index >= 15 is 0 Å². The molecule has 1 unspecified atom stereocenters. The minimum absolute atomic E-state index is 0.0209. The topological polar surface area (TPSA) is 85.7 Å². The van der Waals surface area contributed by atoms with Gasteiger partial charge in [0.25, 0.3) is 0 Å². The minimum atomic E-state index is -2.12. The molecule has 1 aliphatic rings. The van der Waals surface area contributed by atoms with Gasteiger partial charge in [-0.25, -0.2) is 0 Å². The Morgan fingerprint density at radius 1 is 1.23 bits per heavy atom. The molecule has 0 aromatic heterocycles. The zero-order valence-electron chi connectivity index (χ0n) is 16.5. The molecule has 144 valence electrons. The highest BCUT2D eigenvalue weighted by Crippen LogP contribution is 2.42. The molecule has 2 rings (SSSR count). The van der Waals surface area contributed by atoms with Gasteiger partial charge in [-0.15, -0.1) is 0 Å². The van der Waals surface area contributed by atoms with Gasteiger partial charge in [0.15, 0.2) is 19.8 Å². The first-order valence-electron chi connectivity index (χ1n) is 8.80. The van der Waals surface area contributed by atoms with Crippen molar-refractivity contribution in [3.8, 4) is 11.5 Å². The maximum Gasteiger partial charge on any atom is 0.192 e. The van der Waals surface area contributed by atoms with Crippen molar-refractivity contribution in [2.24, 2.45) is 5.11 Å². The highest BCUT2D eigenvalue weighted by atomic mass is 28.4. The second-order valence-corrected chi connectivity index (χ2v) is 12.7. The van der Waals surface area contributed by atoms with E-state index in [1.165, 1.54) is 0 Å². The Hall–Kier alpha value is -1.73. The molecule has 0 radical (unpaired) electrons. The zero-order chi connectivity index (χ0) is 19.4. The third kappa shape index (κ3) is 4.70. The fraction of sp³-hybridized carbons (Fsp3) is 0.667. The Balaban J connectivity index is 2.44. The van der Waals surface area contributed by atoms with Crippen LogP contribution < -0.4 is 9.47 Å². The van der Waals surface area contributed by atoms with Gasteiger partial charge in [-0.05, 0) is 41.4 Å². The Kier molecular flexibility index (Phi) is 6.57. The third-order valence-corrected chi connectivity index (χ3v) is 9.46. The van der Waals surface area contributed by atoms with Gasteiger partial charge in [-0.2, -0.15) is 0 Å². The number of ether oxygens (including phenoxy) is 3. The monoisotopic (exact) mass is 379 g/mol. The third-order valence-electron chi connectivity index (χ3n) is 5.01. The van der Waals surface area contributed by atoms with Crippen LogP contribution in [-0.2, 0) is 9.16 Å². The van der Waals surface area contributed by atoms with Crippen LogP contribution in [0.4, 0.5) is 0 Å². The SMILES string of the molecule is COC[C@@H](N=[N+]=[N-])C(O[Si](C)(C)C(C)(C)C)c1ccc2c(c1)OCCO2. The Bertz CT molecular complexity index is 669. The van der Waals surface area contributed by atoms with Crippen LogP contribution in [0.15, 0.2) is 23.3 Å². The number of hydrogen-bond acceptors (Lipinski definition) is 5. The van der Waals surface area contributed by atoms with E-state index in [2.05, 4.69) is 43.9 Å². The molecule has 0 bridgehead atoms. The van der Waals surface area contributed by atoms with Crippen molar-refractivity contribution >= 4 is 8.32 Å². The Morgan fingerprint density at radius 2 is 1.88 bits per heavy atom. The molecule has 1 aliphatic heterocycles. The number of azide groups is 1. The van der Waals surface area contributed by atoms with Gasteiger partial charge in [0.1, 0.15) is 13.2 Å². The highest BCUT2D eigenvalue weighted by Gasteiger charge is 2.41. The van der Waals surface area contributed by atoms with Crippen LogP contribution in [0.3, 0.4) is 0 Å². The summed E-state index contributed by atoms with van der Waals surface area (Å²) >= 11 is 0. The second kappa shape index (κ2) is 8.31. The zero-order valence-corrected chi connectivity index (χ0v) is 17.5. The molecule has 0 saturated heterocycles. The molecule has 0 aliphatic carbocycles. The largest absolute Gasteiger partial charge is 0.486 e. The summed E-state index contributed by atoms with van der Waals surface area (Å²) in [6.07, 6.45) is -0.414. The average Bonchev–Trinajstić information content (AvgIpc) is 2.58. The maximum atomic E-state index is 9.02. The first-order valence-corrected chi connectivity index (χ1v) is 11.7. The highest BCUT2D eigenvalue weighted by molar-refractivity contribution is 6.74. The summed E-state index contributed by atoms with van der Waals surface area (Å²) in [6, 6.07) is 5.27. The number of fused-ring (bicyclic) bond motifs is 1. The van der Waals surface area contributed by atoms with Crippen LogP contribution in [0, 0.1) is 0 Å². The van der Waals surface area contributed by atoms with Crippen molar-refractivity contribution in [2.75, 3.05) is 26.9 Å². The summed E-state index contributed by atoms with van der Waals surface area (Å²) in [5.74, 6) is 1.41. The van der Waals surface area contributed by atoms with Gasteiger partial charge in [0.2, 0.25) is 0 Å². The average molecular weight is 380 g/mol. The molecule has 26 heavy (non-hydrogen) atoms. The molecule has 1 aromatic carbocycles.